The number of fused-ring (bicyclic) bond motifs is 2. The molecule has 0 saturated heterocycles. The van der Waals surface area contributed by atoms with Gasteiger partial charge in [0.15, 0.2) is 0 Å². The molecule has 0 aliphatic heterocycles. The molecule has 146 valence electrons. The van der Waals surface area contributed by atoms with Crippen molar-refractivity contribution >= 4 is 16.7 Å². The van der Waals surface area contributed by atoms with Crippen LogP contribution >= 0.6 is 0 Å². The molecule has 0 unspecified atom stereocenters. The number of nitrogens with zero attached hydrogens (tertiary/aromatic N) is 3. The second-order valence-electron chi connectivity index (χ2n) is 8.15. The lowest BCUT2D eigenvalue weighted by atomic mass is 9.81. The zero-order chi connectivity index (χ0) is 20.0. The largest absolute Gasteiger partial charge is 0.398 e. The molecule has 3 heterocycles. The summed E-state index contributed by atoms with van der Waals surface area (Å²) in [5.74, 6) is 0.519. The van der Waals surface area contributed by atoms with Crippen molar-refractivity contribution in [3.05, 3.63) is 88.5 Å². The molecule has 2 N–H and O–H groups in total. The van der Waals surface area contributed by atoms with Gasteiger partial charge in [-0.15, -0.1) is 0 Å². The number of nitrogen functional groups attached to an aromatic ring is 1. The van der Waals surface area contributed by atoms with Gasteiger partial charge in [-0.25, -0.2) is 4.98 Å². The van der Waals surface area contributed by atoms with Crippen LogP contribution in [0.5, 0.6) is 0 Å². The van der Waals surface area contributed by atoms with Crippen molar-refractivity contribution in [1.82, 2.24) is 14.5 Å². The smallest absolute Gasteiger partial charge is 0.143 e. The lowest BCUT2D eigenvalue weighted by Gasteiger charge is -2.26. The van der Waals surface area contributed by atoms with Crippen LogP contribution in [-0.2, 0) is 19.4 Å². The van der Waals surface area contributed by atoms with Gasteiger partial charge in [0, 0.05) is 41.4 Å². The van der Waals surface area contributed by atoms with E-state index in [4.69, 9.17) is 10.7 Å². The van der Waals surface area contributed by atoms with E-state index in [-0.39, 0.29) is 0 Å². The zero-order valence-electron chi connectivity index (χ0n) is 17.0. The van der Waals surface area contributed by atoms with E-state index in [1.807, 2.05) is 12.4 Å². The molecular weight excluding hydrogens is 356 g/mol. The summed E-state index contributed by atoms with van der Waals surface area (Å²) in [6.07, 6.45) is 6.76. The first-order valence-electron chi connectivity index (χ1n) is 10.3. The van der Waals surface area contributed by atoms with Crippen LogP contribution in [0.15, 0.2) is 54.9 Å². The Labute approximate surface area is 171 Å². The van der Waals surface area contributed by atoms with Crippen molar-refractivity contribution in [3.8, 4) is 0 Å². The Bertz CT molecular complexity index is 1180. The van der Waals surface area contributed by atoms with Crippen LogP contribution in [-0.4, -0.2) is 14.5 Å². The van der Waals surface area contributed by atoms with Gasteiger partial charge in [0.1, 0.15) is 5.65 Å². The average Bonchev–Trinajstić information content (AvgIpc) is 3.00. The number of aromatic nitrogens is 3. The highest BCUT2D eigenvalue weighted by molar-refractivity contribution is 5.95. The third kappa shape index (κ3) is 3.00. The SMILES string of the molecule is Cc1c(C)n(Cc2ccncc2)c2nc3c(c(N)c12)C[C@H](c1ccccc1)CC3. The van der Waals surface area contributed by atoms with Crippen molar-refractivity contribution in [2.75, 3.05) is 5.73 Å². The summed E-state index contributed by atoms with van der Waals surface area (Å²) < 4.78 is 2.31. The van der Waals surface area contributed by atoms with Crippen LogP contribution in [0.2, 0.25) is 0 Å². The maximum atomic E-state index is 6.79. The Balaban J connectivity index is 1.61. The maximum absolute atomic E-state index is 6.79. The highest BCUT2D eigenvalue weighted by Gasteiger charge is 2.26. The van der Waals surface area contributed by atoms with Crippen LogP contribution in [0.3, 0.4) is 0 Å². The second-order valence-corrected chi connectivity index (χ2v) is 8.15. The molecule has 1 aromatic carbocycles. The fraction of sp³-hybridized carbons (Fsp3) is 0.280. The Hall–Kier alpha value is -3.14. The van der Waals surface area contributed by atoms with E-state index in [9.17, 15) is 0 Å². The Morgan fingerprint density at radius 1 is 1.07 bits per heavy atom. The quantitative estimate of drug-likeness (QED) is 0.545. The van der Waals surface area contributed by atoms with E-state index in [2.05, 4.69) is 65.9 Å². The van der Waals surface area contributed by atoms with Gasteiger partial charge in [-0.1, -0.05) is 30.3 Å². The number of rotatable bonds is 3. The lowest BCUT2D eigenvalue weighted by Crippen LogP contribution is -2.17. The first-order valence-corrected chi connectivity index (χ1v) is 10.3. The molecule has 0 saturated carbocycles. The van der Waals surface area contributed by atoms with Crippen molar-refractivity contribution in [3.63, 3.8) is 0 Å². The average molecular weight is 383 g/mol. The van der Waals surface area contributed by atoms with E-state index < -0.39 is 0 Å². The van der Waals surface area contributed by atoms with Crippen molar-refractivity contribution in [2.24, 2.45) is 0 Å². The van der Waals surface area contributed by atoms with Crippen LogP contribution < -0.4 is 5.73 Å². The third-order valence-corrected chi connectivity index (χ3v) is 6.53. The van der Waals surface area contributed by atoms with E-state index in [0.29, 0.717) is 5.92 Å². The maximum Gasteiger partial charge on any atom is 0.143 e. The molecule has 4 aromatic rings. The Morgan fingerprint density at radius 2 is 1.83 bits per heavy atom. The summed E-state index contributed by atoms with van der Waals surface area (Å²) in [5.41, 5.74) is 16.3. The third-order valence-electron chi connectivity index (χ3n) is 6.53. The number of aryl methyl sites for hydroxylation is 2. The summed E-state index contributed by atoms with van der Waals surface area (Å²) in [6.45, 7) is 5.13. The van der Waals surface area contributed by atoms with E-state index >= 15 is 0 Å². The molecule has 0 bridgehead atoms. The molecule has 0 radical (unpaired) electrons. The number of hydrogen-bond donors (Lipinski definition) is 1. The van der Waals surface area contributed by atoms with Gasteiger partial charge >= 0.3 is 0 Å². The second kappa shape index (κ2) is 7.03. The van der Waals surface area contributed by atoms with E-state index in [1.165, 1.54) is 33.6 Å². The fourth-order valence-electron chi connectivity index (χ4n) is 4.75. The molecule has 0 amide bonds. The molecule has 1 aliphatic carbocycles. The first kappa shape index (κ1) is 17.9. The van der Waals surface area contributed by atoms with Gasteiger partial charge in [-0.05, 0) is 73.4 Å². The van der Waals surface area contributed by atoms with Gasteiger partial charge in [0.2, 0.25) is 0 Å². The first-order chi connectivity index (χ1) is 14.1. The topological polar surface area (TPSA) is 56.7 Å². The van der Waals surface area contributed by atoms with Gasteiger partial charge < -0.3 is 10.3 Å². The van der Waals surface area contributed by atoms with Gasteiger partial charge in [-0.2, -0.15) is 0 Å². The van der Waals surface area contributed by atoms with Gasteiger partial charge in [0.05, 0.1) is 0 Å². The number of pyridine rings is 2. The van der Waals surface area contributed by atoms with Crippen molar-refractivity contribution < 1.29 is 0 Å². The highest BCUT2D eigenvalue weighted by atomic mass is 15.1. The van der Waals surface area contributed by atoms with Crippen LogP contribution in [0.1, 0.15) is 46.0 Å². The summed E-state index contributed by atoms with van der Waals surface area (Å²) in [6, 6.07) is 14.9. The summed E-state index contributed by atoms with van der Waals surface area (Å²) >= 11 is 0. The number of hydrogen-bond acceptors (Lipinski definition) is 3. The summed E-state index contributed by atoms with van der Waals surface area (Å²) in [5, 5.41) is 1.13. The molecule has 4 nitrogen and oxygen atoms in total. The molecule has 1 atom stereocenters. The molecule has 3 aromatic heterocycles. The number of nitrogens with two attached hydrogens (primary N) is 1. The lowest BCUT2D eigenvalue weighted by molar-refractivity contribution is 0.576. The minimum absolute atomic E-state index is 0.519. The van der Waals surface area contributed by atoms with Crippen molar-refractivity contribution in [2.45, 2.75) is 45.6 Å². The van der Waals surface area contributed by atoms with Crippen LogP contribution in [0.25, 0.3) is 11.0 Å². The predicted octanol–water partition coefficient (Wildman–Crippen LogP) is 4.95. The molecule has 5 rings (SSSR count). The van der Waals surface area contributed by atoms with Crippen LogP contribution in [0.4, 0.5) is 5.69 Å². The zero-order valence-corrected chi connectivity index (χ0v) is 17.0. The summed E-state index contributed by atoms with van der Waals surface area (Å²) in [4.78, 5) is 9.29. The summed E-state index contributed by atoms with van der Waals surface area (Å²) in [7, 11) is 0. The molecule has 1 aliphatic rings. The minimum Gasteiger partial charge on any atom is -0.398 e. The molecule has 0 fully saturated rings. The van der Waals surface area contributed by atoms with Gasteiger partial charge in [-0.3, -0.25) is 4.98 Å². The fourth-order valence-corrected chi connectivity index (χ4v) is 4.75. The number of anilines is 1. The molecule has 4 heteroatoms. The van der Waals surface area contributed by atoms with Crippen molar-refractivity contribution in [1.29, 1.82) is 0 Å². The van der Waals surface area contributed by atoms with Crippen LogP contribution in [0, 0.1) is 13.8 Å². The highest BCUT2D eigenvalue weighted by Crippen LogP contribution is 2.39. The van der Waals surface area contributed by atoms with Gasteiger partial charge in [0.25, 0.3) is 0 Å². The molecular formula is C25H26N4. The molecule has 29 heavy (non-hydrogen) atoms. The van der Waals surface area contributed by atoms with E-state index in [1.54, 1.807) is 0 Å². The monoisotopic (exact) mass is 382 g/mol. The van der Waals surface area contributed by atoms with E-state index in [0.717, 1.165) is 42.5 Å². The Kier molecular flexibility index (Phi) is 4.35. The standard InChI is InChI=1S/C25H26N4/c1-16-17(2)29(15-18-10-12-27-13-11-18)25-23(16)24(26)21-14-20(8-9-22(21)28-25)19-6-4-3-5-7-19/h3-7,10-13,20H,8-9,14-15H2,1-2H3,(H2,26,28)/t20-/m1/s1. The minimum atomic E-state index is 0.519. The predicted molar refractivity (Wildman–Crippen MR) is 118 cm³/mol. The number of benzene rings is 1. The Morgan fingerprint density at radius 3 is 2.59 bits per heavy atom. The normalized spacial score (nSPS) is 16.1. The molecule has 0 spiro atoms.